The van der Waals surface area contributed by atoms with Crippen LogP contribution in [0.2, 0.25) is 0 Å². The number of benzene rings is 1. The van der Waals surface area contributed by atoms with Gasteiger partial charge in [-0.1, -0.05) is 0 Å². The molecule has 1 rings (SSSR count). The van der Waals surface area contributed by atoms with E-state index in [1.165, 1.54) is 6.07 Å². The summed E-state index contributed by atoms with van der Waals surface area (Å²) in [5, 5.41) is 11.6. The maximum atomic E-state index is 12.2. The summed E-state index contributed by atoms with van der Waals surface area (Å²) in [6.45, 7) is 2.08. The van der Waals surface area contributed by atoms with Crippen LogP contribution in [-0.4, -0.2) is 35.2 Å². The minimum atomic E-state index is -1.81. The van der Waals surface area contributed by atoms with E-state index in [-0.39, 0.29) is 20.2 Å². The number of carbonyl (C=O) groups is 4. The summed E-state index contributed by atoms with van der Waals surface area (Å²) in [5.41, 5.74) is -0.0741. The topological polar surface area (TPSA) is 119 Å². The molecule has 1 aromatic rings. The van der Waals surface area contributed by atoms with Crippen LogP contribution in [0.5, 0.6) is 0 Å². The zero-order chi connectivity index (χ0) is 18.6. The molecule has 2 N–H and O–H groups in total. The van der Waals surface area contributed by atoms with Crippen molar-refractivity contribution in [1.82, 2.24) is 0 Å². The van der Waals surface area contributed by atoms with Gasteiger partial charge in [0.15, 0.2) is 0 Å². The second-order valence-corrected chi connectivity index (χ2v) is 6.75. The maximum absolute atomic E-state index is 12.2. The molecule has 0 aliphatic heterocycles. The molecule has 0 radical (unpaired) electrons. The fourth-order valence-electron chi connectivity index (χ4n) is 1.52. The van der Waals surface area contributed by atoms with E-state index in [4.69, 9.17) is 0 Å². The van der Waals surface area contributed by atoms with Crippen LogP contribution in [0.25, 0.3) is 0 Å². The van der Waals surface area contributed by atoms with Gasteiger partial charge in [-0.25, -0.2) is 4.79 Å². The number of carboxylic acid groups (broad SMARTS) is 1. The van der Waals surface area contributed by atoms with E-state index >= 15 is 0 Å². The van der Waals surface area contributed by atoms with Crippen molar-refractivity contribution in [3.63, 3.8) is 0 Å². The molecule has 1 aromatic carbocycles. The lowest BCUT2D eigenvalue weighted by Crippen LogP contribution is -2.35. The molecule has 0 unspecified atom stereocenters. The number of hydrogen-bond acceptors (Lipinski definition) is 6. The van der Waals surface area contributed by atoms with Gasteiger partial charge >= 0.3 is 30.1 Å². The molecule has 11 heteroatoms. The molecular formula is C13H10Br3NO7. The number of halogens is 3. The first-order valence-corrected chi connectivity index (χ1v) is 8.48. The van der Waals surface area contributed by atoms with Crippen molar-refractivity contribution in [3.05, 3.63) is 25.0 Å². The quantitative estimate of drug-likeness (QED) is 0.443. The van der Waals surface area contributed by atoms with E-state index in [2.05, 4.69) is 62.6 Å². The average molecular weight is 532 g/mol. The van der Waals surface area contributed by atoms with E-state index in [1.54, 1.807) is 0 Å². The molecule has 0 aliphatic rings. The summed E-state index contributed by atoms with van der Waals surface area (Å²) in [6.07, 6.45) is -1.81. The van der Waals surface area contributed by atoms with Gasteiger partial charge in [-0.2, -0.15) is 0 Å². The Morgan fingerprint density at radius 3 is 1.96 bits per heavy atom. The Hall–Kier alpha value is -1.46. The van der Waals surface area contributed by atoms with Crippen LogP contribution in [0, 0.1) is 0 Å². The van der Waals surface area contributed by atoms with Crippen molar-refractivity contribution in [3.8, 4) is 0 Å². The molecule has 0 aliphatic carbocycles. The number of anilines is 1. The van der Waals surface area contributed by atoms with Gasteiger partial charge in [0.05, 0.1) is 15.7 Å². The molecule has 0 heterocycles. The Labute approximate surface area is 161 Å². The summed E-state index contributed by atoms with van der Waals surface area (Å²) < 4.78 is 9.92. The number of ether oxygens (including phenoxy) is 2. The van der Waals surface area contributed by atoms with Crippen molar-refractivity contribution in [1.29, 1.82) is 0 Å². The third kappa shape index (κ3) is 5.28. The van der Waals surface area contributed by atoms with Crippen LogP contribution in [-0.2, 0) is 23.9 Å². The predicted molar refractivity (Wildman–Crippen MR) is 92.5 cm³/mol. The predicted octanol–water partition coefficient (Wildman–Crippen LogP) is 3.06. The standard InChI is InChI=1S/C13H10Br3NO7/c1-4(18)23-13(24-5(2)19)11(20)17-10-7(15)3-6(14)8(9(10)16)12(21)22/h3,13H,1-2H3,(H,17,20)(H,21,22). The highest BCUT2D eigenvalue weighted by molar-refractivity contribution is 9.11. The first kappa shape index (κ1) is 20.6. The molecule has 0 saturated heterocycles. The second kappa shape index (κ2) is 8.58. The molecule has 0 aromatic heterocycles. The van der Waals surface area contributed by atoms with Gasteiger partial charge in [0.25, 0.3) is 0 Å². The Morgan fingerprint density at radius 1 is 1.04 bits per heavy atom. The largest absolute Gasteiger partial charge is 0.478 e. The molecule has 0 fully saturated rings. The molecule has 24 heavy (non-hydrogen) atoms. The average Bonchev–Trinajstić information content (AvgIpc) is 2.40. The zero-order valence-corrected chi connectivity index (χ0v) is 16.9. The van der Waals surface area contributed by atoms with Gasteiger partial charge in [0, 0.05) is 22.8 Å². The Bertz CT molecular complexity index is 704. The van der Waals surface area contributed by atoms with E-state index in [0.717, 1.165) is 13.8 Å². The van der Waals surface area contributed by atoms with Crippen LogP contribution in [0.3, 0.4) is 0 Å². The smallest absolute Gasteiger partial charge is 0.338 e. The molecule has 8 nitrogen and oxygen atoms in total. The third-order valence-electron chi connectivity index (χ3n) is 2.39. The number of aromatic carboxylic acids is 1. The zero-order valence-electron chi connectivity index (χ0n) is 12.2. The number of nitrogens with one attached hydrogen (secondary N) is 1. The monoisotopic (exact) mass is 529 g/mol. The third-order valence-corrected chi connectivity index (χ3v) is 4.44. The Balaban J connectivity index is 3.20. The number of carbonyl (C=O) groups excluding carboxylic acids is 3. The number of esters is 2. The highest BCUT2D eigenvalue weighted by Crippen LogP contribution is 2.38. The lowest BCUT2D eigenvalue weighted by atomic mass is 10.2. The SMILES string of the molecule is CC(=O)OC(OC(C)=O)C(=O)Nc1c(Br)cc(Br)c(C(=O)O)c1Br. The van der Waals surface area contributed by atoms with Crippen LogP contribution in [0.15, 0.2) is 19.5 Å². The summed E-state index contributed by atoms with van der Waals surface area (Å²) >= 11 is 9.37. The summed E-state index contributed by atoms with van der Waals surface area (Å²) in [5.74, 6) is -3.89. The molecule has 130 valence electrons. The normalized spacial score (nSPS) is 10.2. The van der Waals surface area contributed by atoms with Gasteiger partial charge in [-0.3, -0.25) is 14.4 Å². The van der Waals surface area contributed by atoms with Gasteiger partial charge in [0.2, 0.25) is 0 Å². The highest BCUT2D eigenvalue weighted by Gasteiger charge is 2.28. The second-order valence-electron chi connectivity index (χ2n) is 4.25. The number of rotatable bonds is 5. The first-order valence-electron chi connectivity index (χ1n) is 6.10. The number of hydrogen-bond donors (Lipinski definition) is 2. The van der Waals surface area contributed by atoms with Crippen molar-refractivity contribution in [2.24, 2.45) is 0 Å². The molecule has 0 spiro atoms. The summed E-state index contributed by atoms with van der Waals surface area (Å²) in [7, 11) is 0. The van der Waals surface area contributed by atoms with Crippen molar-refractivity contribution in [2.45, 2.75) is 20.1 Å². The Kier molecular flexibility index (Phi) is 7.36. The summed E-state index contributed by atoms with van der Waals surface area (Å²) in [6, 6.07) is 1.41. The Morgan fingerprint density at radius 2 is 1.54 bits per heavy atom. The van der Waals surface area contributed by atoms with Crippen LogP contribution in [0.1, 0.15) is 24.2 Å². The molecule has 0 bridgehead atoms. The van der Waals surface area contributed by atoms with Crippen molar-refractivity contribution >= 4 is 77.3 Å². The number of carboxylic acids is 1. The molecule has 0 saturated carbocycles. The van der Waals surface area contributed by atoms with Gasteiger partial charge in [-0.05, 0) is 53.9 Å². The minimum Gasteiger partial charge on any atom is -0.478 e. The first-order chi connectivity index (χ1) is 11.0. The van der Waals surface area contributed by atoms with E-state index in [0.29, 0.717) is 4.47 Å². The molecule has 0 atom stereocenters. The van der Waals surface area contributed by atoms with Gasteiger partial charge in [0.1, 0.15) is 0 Å². The van der Waals surface area contributed by atoms with Gasteiger partial charge < -0.3 is 19.9 Å². The van der Waals surface area contributed by atoms with E-state index in [9.17, 15) is 24.3 Å². The number of amides is 1. The van der Waals surface area contributed by atoms with E-state index < -0.39 is 30.1 Å². The van der Waals surface area contributed by atoms with Gasteiger partial charge in [-0.15, -0.1) is 0 Å². The molecular weight excluding hydrogens is 522 g/mol. The van der Waals surface area contributed by atoms with Crippen LogP contribution < -0.4 is 5.32 Å². The summed E-state index contributed by atoms with van der Waals surface area (Å²) in [4.78, 5) is 45.5. The fraction of sp³-hybridized carbons (Fsp3) is 0.231. The maximum Gasteiger partial charge on any atom is 0.338 e. The van der Waals surface area contributed by atoms with Crippen molar-refractivity contribution in [2.75, 3.05) is 5.32 Å². The lowest BCUT2D eigenvalue weighted by molar-refractivity contribution is -0.188. The van der Waals surface area contributed by atoms with Crippen LogP contribution in [0.4, 0.5) is 5.69 Å². The molecule has 1 amide bonds. The lowest BCUT2D eigenvalue weighted by Gasteiger charge is -2.18. The fourth-order valence-corrected chi connectivity index (χ4v) is 4.17. The van der Waals surface area contributed by atoms with Crippen molar-refractivity contribution < 1.29 is 33.8 Å². The minimum absolute atomic E-state index is 0.0601. The van der Waals surface area contributed by atoms with Crippen LogP contribution >= 0.6 is 47.8 Å². The highest BCUT2D eigenvalue weighted by atomic mass is 79.9. The van der Waals surface area contributed by atoms with E-state index in [1.807, 2.05) is 0 Å².